The molecule has 0 unspecified atom stereocenters. The van der Waals surface area contributed by atoms with Gasteiger partial charge in [-0.3, -0.25) is 0 Å². The largest absolute Gasteiger partial charge is 0.423 e. The van der Waals surface area contributed by atoms with Gasteiger partial charge in [-0.05, 0) is 30.7 Å². The zero-order valence-electron chi connectivity index (χ0n) is 7.71. The van der Waals surface area contributed by atoms with Crippen LogP contribution in [0.2, 0.25) is 5.02 Å². The Hall–Kier alpha value is -1.28. The highest BCUT2D eigenvalue weighted by Gasteiger charge is 2.03. The van der Waals surface area contributed by atoms with E-state index < -0.39 is 0 Å². The van der Waals surface area contributed by atoms with Crippen LogP contribution in [0.5, 0.6) is 0 Å². The second kappa shape index (κ2) is 3.46. The molecule has 0 aliphatic heterocycles. The Bertz CT molecular complexity index is 528. The summed E-state index contributed by atoms with van der Waals surface area (Å²) in [4.78, 5) is 11.3. The van der Waals surface area contributed by atoms with Crippen molar-refractivity contribution in [2.24, 2.45) is 0 Å². The van der Waals surface area contributed by atoms with Gasteiger partial charge in [0.25, 0.3) is 0 Å². The van der Waals surface area contributed by atoms with E-state index >= 15 is 0 Å². The van der Waals surface area contributed by atoms with Gasteiger partial charge in [0.2, 0.25) is 0 Å². The van der Waals surface area contributed by atoms with Gasteiger partial charge in [-0.1, -0.05) is 18.5 Å². The van der Waals surface area contributed by atoms with Gasteiger partial charge in [0.1, 0.15) is 5.58 Å². The molecule has 0 bridgehead atoms. The van der Waals surface area contributed by atoms with E-state index in [1.807, 2.05) is 13.0 Å². The third-order valence-electron chi connectivity index (χ3n) is 2.15. The van der Waals surface area contributed by atoms with Gasteiger partial charge < -0.3 is 4.42 Å². The number of aryl methyl sites for hydroxylation is 1. The van der Waals surface area contributed by atoms with Crippen molar-refractivity contribution in [3.8, 4) is 0 Å². The van der Waals surface area contributed by atoms with Crippen LogP contribution >= 0.6 is 11.6 Å². The van der Waals surface area contributed by atoms with Crippen LogP contribution in [0.1, 0.15) is 12.5 Å². The topological polar surface area (TPSA) is 30.2 Å². The molecule has 0 fully saturated rings. The van der Waals surface area contributed by atoms with Gasteiger partial charge in [-0.25, -0.2) is 4.79 Å². The third kappa shape index (κ3) is 1.53. The lowest BCUT2D eigenvalue weighted by molar-refractivity contribution is 0.551. The predicted molar refractivity (Wildman–Crippen MR) is 56.9 cm³/mol. The molecule has 72 valence electrons. The molecule has 1 aromatic carbocycles. The lowest BCUT2D eigenvalue weighted by Crippen LogP contribution is -2.05. The number of halogens is 1. The molecule has 2 nitrogen and oxygen atoms in total. The monoisotopic (exact) mass is 208 g/mol. The van der Waals surface area contributed by atoms with Gasteiger partial charge in [0.05, 0.1) is 0 Å². The first kappa shape index (κ1) is 9.28. The smallest absolute Gasteiger partial charge is 0.339 e. The number of hydrogen-bond donors (Lipinski definition) is 0. The van der Waals surface area contributed by atoms with Crippen LogP contribution in [-0.2, 0) is 6.42 Å². The summed E-state index contributed by atoms with van der Waals surface area (Å²) in [6, 6.07) is 7.03. The maximum atomic E-state index is 11.3. The van der Waals surface area contributed by atoms with E-state index in [2.05, 4.69) is 0 Å². The lowest BCUT2D eigenvalue weighted by Gasteiger charge is -1.99. The highest BCUT2D eigenvalue weighted by Crippen LogP contribution is 2.18. The van der Waals surface area contributed by atoms with E-state index in [0.717, 1.165) is 5.39 Å². The summed E-state index contributed by atoms with van der Waals surface area (Å²) in [5.74, 6) is 0. The predicted octanol–water partition coefficient (Wildman–Crippen LogP) is 3.01. The molecule has 1 aromatic heterocycles. The van der Waals surface area contributed by atoms with Gasteiger partial charge in [-0.15, -0.1) is 0 Å². The summed E-state index contributed by atoms with van der Waals surface area (Å²) in [5.41, 5.74) is 0.999. The molecule has 0 N–H and O–H groups in total. The Morgan fingerprint density at radius 2 is 2.14 bits per heavy atom. The first-order valence-corrected chi connectivity index (χ1v) is 4.81. The number of rotatable bonds is 1. The molecule has 3 heteroatoms. The molecule has 2 aromatic rings. The van der Waals surface area contributed by atoms with Crippen molar-refractivity contribution in [3.05, 3.63) is 45.3 Å². The molecule has 0 radical (unpaired) electrons. The van der Waals surface area contributed by atoms with Gasteiger partial charge in [0, 0.05) is 16.0 Å². The summed E-state index contributed by atoms with van der Waals surface area (Å²) in [5, 5.41) is 1.52. The molecule has 1 heterocycles. The van der Waals surface area contributed by atoms with E-state index in [-0.39, 0.29) is 5.63 Å². The van der Waals surface area contributed by atoms with Crippen molar-refractivity contribution in [2.45, 2.75) is 13.3 Å². The first-order valence-electron chi connectivity index (χ1n) is 4.43. The summed E-state index contributed by atoms with van der Waals surface area (Å²) in [6.07, 6.45) is 0.671. The van der Waals surface area contributed by atoms with E-state index in [1.54, 1.807) is 18.2 Å². The quantitative estimate of drug-likeness (QED) is 0.675. The van der Waals surface area contributed by atoms with Crippen molar-refractivity contribution in [2.75, 3.05) is 0 Å². The van der Waals surface area contributed by atoms with Crippen molar-refractivity contribution >= 4 is 22.6 Å². The molecule has 2 rings (SSSR count). The Balaban J connectivity index is 2.80. The zero-order valence-corrected chi connectivity index (χ0v) is 8.47. The maximum absolute atomic E-state index is 11.3. The molecular formula is C11H9ClO2. The summed E-state index contributed by atoms with van der Waals surface area (Å²) in [7, 11) is 0. The molecule has 0 amide bonds. The SMILES string of the molecule is CCc1cc2cc(Cl)ccc2oc1=O. The van der Waals surface area contributed by atoms with Crippen LogP contribution in [0.4, 0.5) is 0 Å². The summed E-state index contributed by atoms with van der Waals surface area (Å²) >= 11 is 5.83. The Morgan fingerprint density at radius 1 is 1.36 bits per heavy atom. The maximum Gasteiger partial charge on any atom is 0.339 e. The molecule has 0 aliphatic carbocycles. The van der Waals surface area contributed by atoms with Crippen molar-refractivity contribution in [3.63, 3.8) is 0 Å². The fraction of sp³-hybridized carbons (Fsp3) is 0.182. The van der Waals surface area contributed by atoms with Crippen molar-refractivity contribution in [1.82, 2.24) is 0 Å². The van der Waals surface area contributed by atoms with Crippen LogP contribution in [0, 0.1) is 0 Å². The average molecular weight is 209 g/mol. The van der Waals surface area contributed by atoms with Gasteiger partial charge >= 0.3 is 5.63 Å². The van der Waals surface area contributed by atoms with Crippen LogP contribution in [0.25, 0.3) is 11.0 Å². The highest BCUT2D eigenvalue weighted by atomic mass is 35.5. The fourth-order valence-corrected chi connectivity index (χ4v) is 1.56. The third-order valence-corrected chi connectivity index (χ3v) is 2.38. The first-order chi connectivity index (χ1) is 6.70. The van der Waals surface area contributed by atoms with Crippen LogP contribution in [0.3, 0.4) is 0 Å². The molecule has 14 heavy (non-hydrogen) atoms. The standard InChI is InChI=1S/C11H9ClO2/c1-2-7-5-8-6-9(12)3-4-10(8)14-11(7)13/h3-6H,2H2,1H3. The summed E-state index contributed by atoms with van der Waals surface area (Å²) < 4.78 is 5.12. The Kier molecular flexibility index (Phi) is 2.30. The zero-order chi connectivity index (χ0) is 10.1. The number of benzene rings is 1. The number of fused-ring (bicyclic) bond motifs is 1. The van der Waals surface area contributed by atoms with E-state index in [4.69, 9.17) is 16.0 Å². The minimum Gasteiger partial charge on any atom is -0.423 e. The van der Waals surface area contributed by atoms with Crippen LogP contribution in [0.15, 0.2) is 33.5 Å². The Labute approximate surface area is 86.1 Å². The molecular weight excluding hydrogens is 200 g/mol. The molecule has 0 atom stereocenters. The van der Waals surface area contributed by atoms with E-state index in [9.17, 15) is 4.79 Å². The molecule has 0 aliphatic rings. The van der Waals surface area contributed by atoms with Crippen molar-refractivity contribution in [1.29, 1.82) is 0 Å². The number of hydrogen-bond acceptors (Lipinski definition) is 2. The second-order valence-electron chi connectivity index (χ2n) is 3.09. The summed E-state index contributed by atoms with van der Waals surface area (Å²) in [6.45, 7) is 1.92. The van der Waals surface area contributed by atoms with Gasteiger partial charge in [0.15, 0.2) is 0 Å². The minimum atomic E-state index is -0.262. The van der Waals surface area contributed by atoms with Crippen molar-refractivity contribution < 1.29 is 4.42 Å². The van der Waals surface area contributed by atoms with Gasteiger partial charge in [-0.2, -0.15) is 0 Å². The second-order valence-corrected chi connectivity index (χ2v) is 3.53. The lowest BCUT2D eigenvalue weighted by atomic mass is 10.1. The van der Waals surface area contributed by atoms with Crippen LogP contribution in [-0.4, -0.2) is 0 Å². The fourth-order valence-electron chi connectivity index (χ4n) is 1.38. The normalized spacial score (nSPS) is 10.7. The molecule has 0 spiro atoms. The Morgan fingerprint density at radius 3 is 2.86 bits per heavy atom. The molecule has 0 saturated heterocycles. The molecule has 0 saturated carbocycles. The van der Waals surface area contributed by atoms with E-state index in [0.29, 0.717) is 22.6 Å². The highest BCUT2D eigenvalue weighted by molar-refractivity contribution is 6.31. The van der Waals surface area contributed by atoms with E-state index in [1.165, 1.54) is 0 Å². The minimum absolute atomic E-state index is 0.262. The average Bonchev–Trinajstić information content (AvgIpc) is 2.17. The van der Waals surface area contributed by atoms with Crippen LogP contribution < -0.4 is 5.63 Å².